The zero-order valence-corrected chi connectivity index (χ0v) is 30.8. The SMILES string of the molecule is c1ccc(-c2cccc(N(c3ccc(-c4ccc5ccccc5c4)cc3)c3ccc(-c4ccc5oc6ccc7nc(-c8ccccc8)oc7c6c5c4)cc3)c2)cc1. The van der Waals surface area contributed by atoms with E-state index in [2.05, 4.69) is 169 Å². The Hall–Kier alpha value is -7.69. The molecule has 0 aliphatic heterocycles. The molecule has 0 atom stereocenters. The van der Waals surface area contributed by atoms with E-state index in [1.54, 1.807) is 0 Å². The van der Waals surface area contributed by atoms with Crippen molar-refractivity contribution in [3.8, 4) is 44.8 Å². The lowest BCUT2D eigenvalue weighted by molar-refractivity contribution is 0.622. The third-order valence-electron chi connectivity index (χ3n) is 10.9. The van der Waals surface area contributed by atoms with Crippen LogP contribution in [0.15, 0.2) is 215 Å². The molecule has 4 heteroatoms. The average Bonchev–Trinajstić information content (AvgIpc) is 3.89. The molecule has 4 nitrogen and oxygen atoms in total. The zero-order valence-electron chi connectivity index (χ0n) is 30.8. The van der Waals surface area contributed by atoms with Gasteiger partial charge in [0.25, 0.3) is 0 Å². The normalized spacial score (nSPS) is 11.5. The highest BCUT2D eigenvalue weighted by atomic mass is 16.4. The molecule has 2 heterocycles. The predicted octanol–water partition coefficient (Wildman–Crippen LogP) is 15.0. The van der Waals surface area contributed by atoms with Gasteiger partial charge in [-0.05, 0) is 123 Å². The Labute approximate surface area is 329 Å². The van der Waals surface area contributed by atoms with Crippen molar-refractivity contribution in [3.05, 3.63) is 206 Å². The predicted molar refractivity (Wildman–Crippen MR) is 235 cm³/mol. The third kappa shape index (κ3) is 5.92. The largest absolute Gasteiger partial charge is 0.456 e. The first-order valence-electron chi connectivity index (χ1n) is 19.2. The summed E-state index contributed by atoms with van der Waals surface area (Å²) in [5, 5.41) is 4.42. The van der Waals surface area contributed by atoms with E-state index in [1.165, 1.54) is 33.0 Å². The van der Waals surface area contributed by atoms with Crippen molar-refractivity contribution in [2.75, 3.05) is 4.90 Å². The van der Waals surface area contributed by atoms with E-state index in [-0.39, 0.29) is 0 Å². The van der Waals surface area contributed by atoms with Gasteiger partial charge in [-0.2, -0.15) is 0 Å². The van der Waals surface area contributed by atoms with Crippen molar-refractivity contribution in [1.29, 1.82) is 0 Å². The van der Waals surface area contributed by atoms with Crippen LogP contribution in [0.25, 0.3) is 88.6 Å². The Kier molecular flexibility index (Phi) is 7.78. The van der Waals surface area contributed by atoms with E-state index in [0.717, 1.165) is 66.8 Å². The summed E-state index contributed by atoms with van der Waals surface area (Å²) in [7, 11) is 0. The lowest BCUT2D eigenvalue weighted by Gasteiger charge is -2.26. The number of hydrogen-bond acceptors (Lipinski definition) is 4. The van der Waals surface area contributed by atoms with E-state index in [1.807, 2.05) is 42.5 Å². The number of hydrogen-bond donors (Lipinski definition) is 0. The monoisotopic (exact) mass is 730 g/mol. The molecular formula is C53H34N2O2. The Morgan fingerprint density at radius 2 is 0.912 bits per heavy atom. The molecule has 0 unspecified atom stereocenters. The van der Waals surface area contributed by atoms with E-state index in [4.69, 9.17) is 13.8 Å². The lowest BCUT2D eigenvalue weighted by atomic mass is 10.00. The molecule has 11 aromatic rings. The van der Waals surface area contributed by atoms with Crippen molar-refractivity contribution >= 4 is 60.9 Å². The van der Waals surface area contributed by atoms with Gasteiger partial charge in [0.2, 0.25) is 5.89 Å². The minimum absolute atomic E-state index is 0.598. The topological polar surface area (TPSA) is 42.4 Å². The summed E-state index contributed by atoms with van der Waals surface area (Å²) in [4.78, 5) is 7.15. The summed E-state index contributed by atoms with van der Waals surface area (Å²) in [5.74, 6) is 0.598. The van der Waals surface area contributed by atoms with Crippen molar-refractivity contribution < 1.29 is 8.83 Å². The fourth-order valence-corrected chi connectivity index (χ4v) is 8.01. The molecule has 0 aliphatic rings. The Morgan fingerprint density at radius 1 is 0.351 bits per heavy atom. The number of nitrogens with zero attached hydrogens (tertiary/aromatic N) is 2. The van der Waals surface area contributed by atoms with E-state index in [9.17, 15) is 0 Å². The highest BCUT2D eigenvalue weighted by Crippen LogP contribution is 2.41. The molecule has 57 heavy (non-hydrogen) atoms. The van der Waals surface area contributed by atoms with Gasteiger partial charge < -0.3 is 13.7 Å². The molecule has 0 radical (unpaired) electrons. The van der Waals surface area contributed by atoms with E-state index < -0.39 is 0 Å². The van der Waals surface area contributed by atoms with Gasteiger partial charge in [-0.3, -0.25) is 0 Å². The smallest absolute Gasteiger partial charge is 0.227 e. The maximum absolute atomic E-state index is 6.41. The van der Waals surface area contributed by atoms with Crippen LogP contribution in [0.4, 0.5) is 17.1 Å². The minimum Gasteiger partial charge on any atom is -0.456 e. The van der Waals surface area contributed by atoms with Gasteiger partial charge in [-0.1, -0.05) is 127 Å². The first kappa shape index (κ1) is 32.7. The molecule has 0 aliphatic carbocycles. The molecule has 2 aromatic heterocycles. The van der Waals surface area contributed by atoms with Gasteiger partial charge in [0, 0.05) is 28.0 Å². The minimum atomic E-state index is 0.598. The Bertz CT molecular complexity index is 3220. The molecule has 0 spiro atoms. The van der Waals surface area contributed by atoms with Crippen molar-refractivity contribution in [2.24, 2.45) is 0 Å². The third-order valence-corrected chi connectivity index (χ3v) is 10.9. The number of fused-ring (bicyclic) bond motifs is 6. The van der Waals surface area contributed by atoms with Crippen molar-refractivity contribution in [3.63, 3.8) is 0 Å². The maximum atomic E-state index is 6.41. The fraction of sp³-hybridized carbons (Fsp3) is 0. The highest BCUT2D eigenvalue weighted by Gasteiger charge is 2.18. The maximum Gasteiger partial charge on any atom is 0.227 e. The number of rotatable bonds is 7. The van der Waals surface area contributed by atoms with Gasteiger partial charge in [0.1, 0.15) is 16.7 Å². The number of benzene rings is 9. The summed E-state index contributed by atoms with van der Waals surface area (Å²) in [6.07, 6.45) is 0. The molecule has 9 aromatic carbocycles. The summed E-state index contributed by atoms with van der Waals surface area (Å²) in [5.41, 5.74) is 14.2. The molecule has 0 bridgehead atoms. The fourth-order valence-electron chi connectivity index (χ4n) is 8.01. The number of aromatic nitrogens is 1. The molecule has 0 amide bonds. The molecule has 0 saturated carbocycles. The van der Waals surface area contributed by atoms with Crippen LogP contribution in [0.3, 0.4) is 0 Å². The van der Waals surface area contributed by atoms with Crippen LogP contribution in [0.1, 0.15) is 0 Å². The van der Waals surface area contributed by atoms with Crippen LogP contribution in [-0.2, 0) is 0 Å². The van der Waals surface area contributed by atoms with Crippen molar-refractivity contribution in [1.82, 2.24) is 4.98 Å². The standard InChI is InChI=1S/C53H34N2O2/c1-3-10-35(11-4-1)41-16-9-17-46(33-41)55(44-25-20-37(21-26-44)42-19-18-36-12-7-8-15-40(36)32-42)45-27-22-38(23-28-45)43-24-30-49-47(34-43)51-50(56-49)31-29-48-52(51)57-53(54-48)39-13-5-2-6-14-39/h1-34H. The molecule has 0 saturated heterocycles. The van der Waals surface area contributed by atoms with Gasteiger partial charge in [0.05, 0.1) is 5.39 Å². The summed E-state index contributed by atoms with van der Waals surface area (Å²) >= 11 is 0. The molecule has 268 valence electrons. The lowest BCUT2D eigenvalue weighted by Crippen LogP contribution is -2.10. The van der Waals surface area contributed by atoms with Crippen LogP contribution in [0.5, 0.6) is 0 Å². The zero-order chi connectivity index (χ0) is 37.7. The molecule has 11 rings (SSSR count). The van der Waals surface area contributed by atoms with Crippen LogP contribution in [0, 0.1) is 0 Å². The Morgan fingerprint density at radius 3 is 1.65 bits per heavy atom. The molecule has 0 fully saturated rings. The number of furan rings is 1. The van der Waals surface area contributed by atoms with Gasteiger partial charge in [-0.15, -0.1) is 0 Å². The highest BCUT2D eigenvalue weighted by molar-refractivity contribution is 6.17. The second kappa shape index (κ2) is 13.6. The van der Waals surface area contributed by atoms with Crippen LogP contribution >= 0.6 is 0 Å². The van der Waals surface area contributed by atoms with Gasteiger partial charge in [-0.25, -0.2) is 4.98 Å². The van der Waals surface area contributed by atoms with Crippen LogP contribution < -0.4 is 4.90 Å². The Balaban J connectivity index is 0.980. The number of anilines is 3. The average molecular weight is 731 g/mol. The summed E-state index contributed by atoms with van der Waals surface area (Å²) in [6.45, 7) is 0. The second-order valence-electron chi connectivity index (χ2n) is 14.4. The van der Waals surface area contributed by atoms with Crippen molar-refractivity contribution in [2.45, 2.75) is 0 Å². The molecule has 0 N–H and O–H groups in total. The van der Waals surface area contributed by atoms with Crippen LogP contribution in [-0.4, -0.2) is 4.98 Å². The quantitative estimate of drug-likeness (QED) is 0.164. The molecular weight excluding hydrogens is 697 g/mol. The summed E-state index contributed by atoms with van der Waals surface area (Å²) < 4.78 is 12.7. The first-order valence-corrected chi connectivity index (χ1v) is 19.2. The van der Waals surface area contributed by atoms with Gasteiger partial charge >= 0.3 is 0 Å². The number of oxazole rings is 1. The van der Waals surface area contributed by atoms with Crippen LogP contribution in [0.2, 0.25) is 0 Å². The second-order valence-corrected chi connectivity index (χ2v) is 14.4. The summed E-state index contributed by atoms with van der Waals surface area (Å²) in [6, 6.07) is 72.5. The van der Waals surface area contributed by atoms with E-state index in [0.29, 0.717) is 5.89 Å². The van der Waals surface area contributed by atoms with E-state index >= 15 is 0 Å². The first-order chi connectivity index (χ1) is 28.2. The van der Waals surface area contributed by atoms with Gasteiger partial charge in [0.15, 0.2) is 5.58 Å².